The Labute approximate surface area is 167 Å². The Kier molecular flexibility index (Phi) is 4.85. The lowest BCUT2D eigenvalue weighted by atomic mass is 10.2. The van der Waals surface area contributed by atoms with Crippen molar-refractivity contribution in [3.63, 3.8) is 0 Å². The van der Waals surface area contributed by atoms with Gasteiger partial charge in [-0.05, 0) is 18.2 Å². The highest BCUT2D eigenvalue weighted by atomic mass is 35.5. The minimum Gasteiger partial charge on any atom is -0.282 e. The molecule has 0 fully saturated rings. The largest absolute Gasteiger partial charge is 0.282 e. The summed E-state index contributed by atoms with van der Waals surface area (Å²) in [6.07, 6.45) is 4.82. The van der Waals surface area contributed by atoms with Crippen molar-refractivity contribution in [3.8, 4) is 17.2 Å². The topological polar surface area (TPSA) is 76.9 Å². The quantitative estimate of drug-likeness (QED) is 0.529. The van der Waals surface area contributed by atoms with Crippen LogP contribution in [0.4, 0.5) is 5.69 Å². The van der Waals surface area contributed by atoms with Crippen LogP contribution in [0.5, 0.6) is 0 Å². The summed E-state index contributed by atoms with van der Waals surface area (Å²) < 4.78 is 29.9. The molecule has 2 aromatic carbocycles. The van der Waals surface area contributed by atoms with Gasteiger partial charge in [0.15, 0.2) is 5.82 Å². The average Bonchev–Trinajstić information content (AvgIpc) is 3.19. The molecule has 140 valence electrons. The van der Waals surface area contributed by atoms with E-state index in [-0.39, 0.29) is 10.6 Å². The minimum absolute atomic E-state index is 0.148. The summed E-state index contributed by atoms with van der Waals surface area (Å²) in [6, 6.07) is 19.2. The van der Waals surface area contributed by atoms with Crippen LogP contribution in [0.15, 0.2) is 90.2 Å². The lowest BCUT2D eigenvalue weighted by Crippen LogP contribution is -2.15. The van der Waals surface area contributed by atoms with E-state index in [4.69, 9.17) is 11.6 Å². The predicted molar refractivity (Wildman–Crippen MR) is 109 cm³/mol. The summed E-state index contributed by atoms with van der Waals surface area (Å²) in [7, 11) is -3.80. The molecule has 0 aliphatic rings. The van der Waals surface area contributed by atoms with Gasteiger partial charge in [-0.25, -0.2) is 18.4 Å². The van der Waals surface area contributed by atoms with Gasteiger partial charge in [-0.3, -0.25) is 9.29 Å². The van der Waals surface area contributed by atoms with Crippen LogP contribution < -0.4 is 4.72 Å². The zero-order chi connectivity index (χ0) is 19.6. The Morgan fingerprint density at radius 2 is 1.61 bits per heavy atom. The molecule has 0 saturated carbocycles. The number of halogens is 1. The number of aromatic nitrogens is 3. The van der Waals surface area contributed by atoms with Gasteiger partial charge in [-0.1, -0.05) is 60.1 Å². The van der Waals surface area contributed by atoms with Crippen molar-refractivity contribution in [2.45, 2.75) is 4.90 Å². The van der Waals surface area contributed by atoms with Gasteiger partial charge in [-0.2, -0.15) is 0 Å². The van der Waals surface area contributed by atoms with E-state index in [9.17, 15) is 8.42 Å². The lowest BCUT2D eigenvalue weighted by molar-refractivity contribution is 0.601. The number of imidazole rings is 1. The molecule has 0 saturated heterocycles. The zero-order valence-electron chi connectivity index (χ0n) is 14.5. The first-order valence-corrected chi connectivity index (χ1v) is 10.2. The van der Waals surface area contributed by atoms with E-state index in [0.717, 1.165) is 5.56 Å². The van der Waals surface area contributed by atoms with Gasteiger partial charge in [-0.15, -0.1) is 0 Å². The van der Waals surface area contributed by atoms with Crippen LogP contribution in [-0.2, 0) is 10.0 Å². The number of hydrogen-bond acceptors (Lipinski definition) is 4. The maximum atomic E-state index is 12.8. The first-order chi connectivity index (χ1) is 13.5. The molecule has 0 atom stereocenters. The highest BCUT2D eigenvalue weighted by Gasteiger charge is 2.19. The second kappa shape index (κ2) is 7.46. The van der Waals surface area contributed by atoms with Gasteiger partial charge in [0.25, 0.3) is 10.0 Å². The summed E-state index contributed by atoms with van der Waals surface area (Å²) >= 11 is 6.09. The van der Waals surface area contributed by atoms with Crippen molar-refractivity contribution < 1.29 is 8.42 Å². The van der Waals surface area contributed by atoms with Gasteiger partial charge >= 0.3 is 0 Å². The van der Waals surface area contributed by atoms with E-state index in [1.807, 2.05) is 30.3 Å². The number of sulfonamides is 1. The molecule has 0 aliphatic carbocycles. The standard InChI is InChI=1S/C20H15ClN4O2S/c21-16-13-18(24-28(26,27)17-9-5-2-6-10-17)20(23-14-16)25-12-11-22-19(25)15-7-3-1-4-8-15/h1-14,24H. The van der Waals surface area contributed by atoms with Crippen LogP contribution in [0.3, 0.4) is 0 Å². The Morgan fingerprint density at radius 3 is 2.32 bits per heavy atom. The van der Waals surface area contributed by atoms with Crippen LogP contribution in [0.2, 0.25) is 5.02 Å². The molecule has 4 rings (SSSR count). The number of benzene rings is 2. The molecule has 2 aromatic heterocycles. The Morgan fingerprint density at radius 1 is 0.929 bits per heavy atom. The van der Waals surface area contributed by atoms with Crippen LogP contribution >= 0.6 is 11.6 Å². The number of nitrogens with zero attached hydrogens (tertiary/aromatic N) is 3. The van der Waals surface area contributed by atoms with Crippen molar-refractivity contribution in [3.05, 3.63) is 90.3 Å². The summed E-state index contributed by atoms with van der Waals surface area (Å²) in [5, 5.41) is 0.316. The minimum atomic E-state index is -3.80. The number of anilines is 1. The lowest BCUT2D eigenvalue weighted by Gasteiger charge is -2.14. The fourth-order valence-corrected chi connectivity index (χ4v) is 4.01. The van der Waals surface area contributed by atoms with Crippen molar-refractivity contribution in [1.82, 2.24) is 14.5 Å². The molecule has 28 heavy (non-hydrogen) atoms. The smallest absolute Gasteiger partial charge is 0.262 e. The molecule has 4 aromatic rings. The maximum absolute atomic E-state index is 12.8. The molecule has 0 bridgehead atoms. The van der Waals surface area contributed by atoms with E-state index in [1.165, 1.54) is 24.4 Å². The molecule has 0 amide bonds. The average molecular weight is 411 g/mol. The van der Waals surface area contributed by atoms with Crippen molar-refractivity contribution in [2.24, 2.45) is 0 Å². The van der Waals surface area contributed by atoms with Gasteiger partial charge in [0, 0.05) is 24.2 Å². The van der Waals surface area contributed by atoms with E-state index < -0.39 is 10.0 Å². The third-order valence-corrected chi connectivity index (χ3v) is 5.62. The van der Waals surface area contributed by atoms with Crippen molar-refractivity contribution >= 4 is 27.3 Å². The first-order valence-electron chi connectivity index (χ1n) is 8.37. The Balaban J connectivity index is 1.81. The molecule has 0 unspecified atom stereocenters. The third-order valence-electron chi connectivity index (χ3n) is 4.03. The van der Waals surface area contributed by atoms with Crippen LogP contribution in [0.25, 0.3) is 17.2 Å². The fraction of sp³-hybridized carbons (Fsp3) is 0. The number of rotatable bonds is 5. The maximum Gasteiger partial charge on any atom is 0.262 e. The summed E-state index contributed by atoms with van der Waals surface area (Å²) in [5.74, 6) is 1.01. The van der Waals surface area contributed by atoms with Crippen LogP contribution in [0.1, 0.15) is 0 Å². The predicted octanol–water partition coefficient (Wildman–Crippen LogP) is 4.39. The first kappa shape index (κ1) is 18.2. The molecule has 2 heterocycles. The normalized spacial score (nSPS) is 11.3. The second-order valence-corrected chi connectivity index (χ2v) is 8.05. The monoisotopic (exact) mass is 410 g/mol. The second-order valence-electron chi connectivity index (χ2n) is 5.93. The molecule has 0 radical (unpaired) electrons. The van der Waals surface area contributed by atoms with Gasteiger partial charge < -0.3 is 0 Å². The SMILES string of the molecule is O=S(=O)(Nc1cc(Cl)cnc1-n1ccnc1-c1ccccc1)c1ccccc1. The molecular weight excluding hydrogens is 396 g/mol. The van der Waals surface area contributed by atoms with Crippen molar-refractivity contribution in [2.75, 3.05) is 4.72 Å². The number of nitrogens with one attached hydrogen (secondary N) is 1. The Bertz CT molecular complexity index is 1210. The van der Waals surface area contributed by atoms with Crippen LogP contribution in [-0.4, -0.2) is 23.0 Å². The van der Waals surface area contributed by atoms with E-state index >= 15 is 0 Å². The summed E-state index contributed by atoms with van der Waals surface area (Å²) in [6.45, 7) is 0. The number of hydrogen-bond donors (Lipinski definition) is 1. The third kappa shape index (κ3) is 3.62. The number of pyridine rings is 1. The zero-order valence-corrected chi connectivity index (χ0v) is 16.1. The molecule has 1 N–H and O–H groups in total. The Hall–Kier alpha value is -3.16. The van der Waals surface area contributed by atoms with Gasteiger partial charge in [0.1, 0.15) is 5.82 Å². The van der Waals surface area contributed by atoms with Crippen LogP contribution in [0, 0.1) is 0 Å². The fourth-order valence-electron chi connectivity index (χ4n) is 2.78. The molecule has 0 spiro atoms. The van der Waals surface area contributed by atoms with Gasteiger partial charge in [0.05, 0.1) is 15.6 Å². The molecular formula is C20H15ClN4O2S. The molecule has 0 aliphatic heterocycles. The van der Waals surface area contributed by atoms with E-state index in [1.54, 1.807) is 35.2 Å². The van der Waals surface area contributed by atoms with E-state index in [0.29, 0.717) is 16.7 Å². The van der Waals surface area contributed by atoms with Crippen molar-refractivity contribution in [1.29, 1.82) is 0 Å². The summed E-state index contributed by atoms with van der Waals surface area (Å²) in [4.78, 5) is 8.89. The highest BCUT2D eigenvalue weighted by Crippen LogP contribution is 2.28. The van der Waals surface area contributed by atoms with E-state index in [2.05, 4.69) is 14.7 Å². The van der Waals surface area contributed by atoms with Gasteiger partial charge in [0.2, 0.25) is 0 Å². The molecule has 6 nitrogen and oxygen atoms in total. The summed E-state index contributed by atoms with van der Waals surface area (Å²) in [5.41, 5.74) is 1.13. The highest BCUT2D eigenvalue weighted by molar-refractivity contribution is 7.92. The molecule has 8 heteroatoms.